The summed E-state index contributed by atoms with van der Waals surface area (Å²) in [6, 6.07) is 18.4. The summed E-state index contributed by atoms with van der Waals surface area (Å²) in [6.45, 7) is 7.66. The number of hydrogen-bond donors (Lipinski definition) is 0. The molecule has 0 bridgehead atoms. The number of fused-ring (bicyclic) bond motifs is 2. The van der Waals surface area contributed by atoms with Crippen LogP contribution in [0.2, 0.25) is 0 Å². The zero-order valence-electron chi connectivity index (χ0n) is 24.4. The second kappa shape index (κ2) is 11.6. The Labute approximate surface area is 243 Å². The summed E-state index contributed by atoms with van der Waals surface area (Å²) in [5.41, 5.74) is 5.18. The lowest BCUT2D eigenvalue weighted by Crippen LogP contribution is -2.52. The van der Waals surface area contributed by atoms with Crippen molar-refractivity contribution >= 4 is 22.3 Å². The first-order valence-electron chi connectivity index (χ1n) is 14.8. The third-order valence-corrected chi connectivity index (χ3v) is 9.29. The fourth-order valence-electron chi connectivity index (χ4n) is 6.77. The van der Waals surface area contributed by atoms with Gasteiger partial charge in [-0.2, -0.15) is 15.5 Å². The van der Waals surface area contributed by atoms with E-state index in [-0.39, 0.29) is 6.04 Å². The maximum Gasteiger partial charge on any atom is 0.234 e. The smallest absolute Gasteiger partial charge is 0.234 e. The van der Waals surface area contributed by atoms with Gasteiger partial charge in [-0.1, -0.05) is 35.9 Å². The van der Waals surface area contributed by atoms with Gasteiger partial charge in [-0.15, -0.1) is 0 Å². The van der Waals surface area contributed by atoms with E-state index in [4.69, 9.17) is 9.72 Å². The number of aromatic nitrogens is 1. The number of rotatable bonds is 6. The first-order chi connectivity index (χ1) is 20.0. The van der Waals surface area contributed by atoms with Crippen molar-refractivity contribution < 1.29 is 4.74 Å². The molecule has 2 atom stereocenters. The van der Waals surface area contributed by atoms with E-state index < -0.39 is 0 Å². The van der Waals surface area contributed by atoms with Crippen LogP contribution in [0.5, 0.6) is 5.88 Å². The first-order valence-corrected chi connectivity index (χ1v) is 14.8. The van der Waals surface area contributed by atoms with Crippen LogP contribution < -0.4 is 14.5 Å². The predicted molar refractivity (Wildman–Crippen MR) is 162 cm³/mol. The lowest BCUT2D eigenvalue weighted by Gasteiger charge is -2.41. The normalized spacial score (nSPS) is 21.5. The van der Waals surface area contributed by atoms with Crippen molar-refractivity contribution in [1.29, 1.82) is 10.5 Å². The van der Waals surface area contributed by atoms with E-state index >= 15 is 0 Å². The van der Waals surface area contributed by atoms with Gasteiger partial charge >= 0.3 is 0 Å². The third kappa shape index (κ3) is 5.30. The van der Waals surface area contributed by atoms with E-state index in [1.807, 2.05) is 0 Å². The number of pyridine rings is 1. The summed E-state index contributed by atoms with van der Waals surface area (Å²) in [6.07, 6.45) is 3.55. The van der Waals surface area contributed by atoms with Crippen molar-refractivity contribution in [1.82, 2.24) is 14.8 Å². The Kier molecular flexibility index (Phi) is 7.71. The van der Waals surface area contributed by atoms with Gasteiger partial charge in [0.05, 0.1) is 12.5 Å². The standard InChI is InChI=1S/C33H39N7O/c1-23-9-10-27-24(18-23)6-4-8-31(27)39-15-12-28-30(21-39)29(19-35)33(41-22-26-7-5-14-37(26)2)36-32(28)40-17-16-38(3)25(20-40)11-13-34/h4,6,8-10,18,25-26H,5,7,11-12,14-17,20-22H2,1-3H3. The molecule has 2 aromatic carbocycles. The Bertz CT molecular complexity index is 1520. The molecule has 8 heteroatoms. The number of benzene rings is 2. The molecule has 8 nitrogen and oxygen atoms in total. The van der Waals surface area contributed by atoms with Gasteiger partial charge in [-0.25, -0.2) is 0 Å². The molecule has 0 saturated carbocycles. The number of nitrogens with zero attached hydrogens (tertiary/aromatic N) is 7. The average Bonchev–Trinajstić information content (AvgIpc) is 3.40. The highest BCUT2D eigenvalue weighted by Crippen LogP contribution is 2.38. The lowest BCUT2D eigenvalue weighted by molar-refractivity contribution is 0.192. The van der Waals surface area contributed by atoms with Gasteiger partial charge in [0, 0.05) is 67.0 Å². The molecule has 212 valence electrons. The topological polar surface area (TPSA) is 82.7 Å². The fourth-order valence-corrected chi connectivity index (χ4v) is 6.77. The minimum absolute atomic E-state index is 0.151. The van der Waals surface area contributed by atoms with Crippen LogP contribution in [0.3, 0.4) is 0 Å². The largest absolute Gasteiger partial charge is 0.475 e. The molecule has 0 N–H and O–H groups in total. The first kappa shape index (κ1) is 27.3. The van der Waals surface area contributed by atoms with Crippen molar-refractivity contribution in [3.8, 4) is 18.0 Å². The molecule has 41 heavy (non-hydrogen) atoms. The molecule has 3 aliphatic rings. The molecular weight excluding hydrogens is 510 g/mol. The second-order valence-electron chi connectivity index (χ2n) is 11.9. The van der Waals surface area contributed by atoms with Crippen molar-refractivity contribution in [2.75, 3.05) is 63.2 Å². The number of likely N-dealkylation sites (N-methyl/N-ethyl adjacent to an activating group) is 2. The predicted octanol–water partition coefficient (Wildman–Crippen LogP) is 4.48. The van der Waals surface area contributed by atoms with Crippen molar-refractivity contribution in [3.63, 3.8) is 0 Å². The molecule has 0 aliphatic carbocycles. The molecule has 2 unspecified atom stereocenters. The quantitative estimate of drug-likeness (QED) is 0.445. The lowest BCUT2D eigenvalue weighted by atomic mass is 9.94. The molecule has 4 heterocycles. The van der Waals surface area contributed by atoms with Crippen LogP contribution >= 0.6 is 0 Å². The Balaban J connectivity index is 1.40. The van der Waals surface area contributed by atoms with Crippen molar-refractivity contribution in [3.05, 3.63) is 58.7 Å². The molecular formula is C33H39N7O. The number of anilines is 2. The Morgan fingerprint density at radius 3 is 2.61 bits per heavy atom. The average molecular weight is 550 g/mol. The number of nitriles is 2. The minimum Gasteiger partial charge on any atom is -0.475 e. The van der Waals surface area contributed by atoms with Crippen molar-refractivity contribution in [2.24, 2.45) is 0 Å². The highest BCUT2D eigenvalue weighted by atomic mass is 16.5. The molecule has 0 amide bonds. The van der Waals surface area contributed by atoms with Gasteiger partial charge in [0.15, 0.2) is 0 Å². The van der Waals surface area contributed by atoms with Gasteiger partial charge < -0.3 is 19.4 Å². The third-order valence-electron chi connectivity index (χ3n) is 9.29. The SMILES string of the molecule is Cc1ccc2c(N3CCc4c(N5CCN(C)C(CC#N)C5)nc(OCC5CCCN5C)c(C#N)c4C3)cccc2c1. The van der Waals surface area contributed by atoms with Crippen LogP contribution in [0.25, 0.3) is 10.8 Å². The maximum absolute atomic E-state index is 10.5. The van der Waals surface area contributed by atoms with Gasteiger partial charge in [0.1, 0.15) is 24.1 Å². The van der Waals surface area contributed by atoms with Gasteiger partial charge in [0.2, 0.25) is 5.88 Å². The van der Waals surface area contributed by atoms with Crippen molar-refractivity contribution in [2.45, 2.75) is 51.2 Å². The summed E-state index contributed by atoms with van der Waals surface area (Å²) in [5.74, 6) is 1.38. The van der Waals surface area contributed by atoms with E-state index in [0.717, 1.165) is 62.5 Å². The Morgan fingerprint density at radius 1 is 0.976 bits per heavy atom. The van der Waals surface area contributed by atoms with Crippen LogP contribution in [0, 0.1) is 29.6 Å². The zero-order valence-corrected chi connectivity index (χ0v) is 24.4. The number of aryl methyl sites for hydroxylation is 1. The molecule has 6 rings (SSSR count). The molecule has 0 radical (unpaired) electrons. The number of likely N-dealkylation sites (tertiary alicyclic amines) is 1. The fraction of sp³-hybridized carbons (Fsp3) is 0.485. The Morgan fingerprint density at radius 2 is 1.83 bits per heavy atom. The summed E-state index contributed by atoms with van der Waals surface area (Å²) in [7, 11) is 4.23. The van der Waals surface area contributed by atoms with E-state index in [0.29, 0.717) is 37.1 Å². The van der Waals surface area contributed by atoms with Crippen LogP contribution in [0.15, 0.2) is 36.4 Å². The minimum atomic E-state index is 0.151. The second-order valence-corrected chi connectivity index (χ2v) is 11.9. The molecule has 2 fully saturated rings. The number of hydrogen-bond acceptors (Lipinski definition) is 8. The monoisotopic (exact) mass is 549 g/mol. The Hall–Kier alpha value is -3.85. The summed E-state index contributed by atoms with van der Waals surface area (Å²) in [5, 5.41) is 22.4. The van der Waals surface area contributed by atoms with Crippen LogP contribution in [0.4, 0.5) is 11.5 Å². The molecule has 0 spiro atoms. The van der Waals surface area contributed by atoms with Gasteiger partial charge in [-0.05, 0) is 58.3 Å². The molecule has 3 aromatic rings. The summed E-state index contributed by atoms with van der Waals surface area (Å²) >= 11 is 0. The van der Waals surface area contributed by atoms with E-state index in [9.17, 15) is 10.5 Å². The van der Waals surface area contributed by atoms with Gasteiger partial charge in [-0.3, -0.25) is 4.90 Å². The zero-order chi connectivity index (χ0) is 28.5. The molecule has 2 saturated heterocycles. The van der Waals surface area contributed by atoms with Gasteiger partial charge in [0.25, 0.3) is 0 Å². The van der Waals surface area contributed by atoms with Crippen LogP contribution in [-0.2, 0) is 13.0 Å². The highest BCUT2D eigenvalue weighted by molar-refractivity contribution is 5.95. The molecule has 3 aliphatic heterocycles. The van der Waals surface area contributed by atoms with Crippen LogP contribution in [-0.4, -0.2) is 80.3 Å². The van der Waals surface area contributed by atoms with E-state index in [1.165, 1.54) is 28.4 Å². The number of ether oxygens (including phenoxy) is 1. The maximum atomic E-state index is 10.5. The molecule has 1 aromatic heterocycles. The summed E-state index contributed by atoms with van der Waals surface area (Å²) < 4.78 is 6.42. The highest BCUT2D eigenvalue weighted by Gasteiger charge is 2.33. The van der Waals surface area contributed by atoms with Crippen LogP contribution in [0.1, 0.15) is 41.5 Å². The number of piperazine rings is 1. The van der Waals surface area contributed by atoms with E-state index in [2.05, 4.69) is 89.2 Å². The van der Waals surface area contributed by atoms with E-state index in [1.54, 1.807) is 0 Å². The summed E-state index contributed by atoms with van der Waals surface area (Å²) in [4.78, 5) is 14.4.